The van der Waals surface area contributed by atoms with E-state index in [1.165, 1.54) is 0 Å². The van der Waals surface area contributed by atoms with Gasteiger partial charge >= 0.3 is 0 Å². The van der Waals surface area contributed by atoms with Crippen LogP contribution < -0.4 is 0 Å². The van der Waals surface area contributed by atoms with E-state index in [0.717, 1.165) is 5.56 Å². The summed E-state index contributed by atoms with van der Waals surface area (Å²) in [7, 11) is 0. The first-order valence-corrected chi connectivity index (χ1v) is 6.25. The van der Waals surface area contributed by atoms with Crippen LogP contribution in [0.15, 0.2) is 18.2 Å². The average Bonchev–Trinajstić information content (AvgIpc) is 2.17. The first-order valence-electron chi connectivity index (χ1n) is 4.75. The van der Waals surface area contributed by atoms with Gasteiger partial charge in [0.15, 0.2) is 0 Å². The monoisotopic (exact) mass is 292 g/mol. The van der Waals surface area contributed by atoms with Gasteiger partial charge in [-0.05, 0) is 25.0 Å². The lowest BCUT2D eigenvalue weighted by atomic mass is 9.98. The molecule has 1 aromatic rings. The minimum Gasteiger partial charge on any atom is -0.390 e. The predicted molar refractivity (Wildman–Crippen MR) is 65.6 cm³/mol. The van der Waals surface area contributed by atoms with Crippen LogP contribution in [0.4, 0.5) is 0 Å². The fourth-order valence-corrected chi connectivity index (χ4v) is 2.28. The van der Waals surface area contributed by atoms with Crippen molar-refractivity contribution in [2.45, 2.75) is 25.6 Å². The topological polar surface area (TPSA) is 40.5 Å². The third-order valence-corrected chi connectivity index (χ3v) is 3.12. The number of hydrogen-bond donors (Lipinski definition) is 2. The normalized spacial score (nSPS) is 15.0. The number of benzene rings is 1. The van der Waals surface area contributed by atoms with Crippen LogP contribution in [0.2, 0.25) is 5.02 Å². The molecule has 0 aliphatic heterocycles. The average molecular weight is 294 g/mol. The highest BCUT2D eigenvalue weighted by Crippen LogP contribution is 2.29. The zero-order valence-electron chi connectivity index (χ0n) is 8.45. The Hall–Kier alpha value is -0.0900. The van der Waals surface area contributed by atoms with Crippen LogP contribution >= 0.6 is 27.5 Å². The van der Waals surface area contributed by atoms with E-state index >= 15 is 0 Å². The third-order valence-electron chi connectivity index (χ3n) is 2.34. The van der Waals surface area contributed by atoms with E-state index in [4.69, 9.17) is 11.6 Å². The Morgan fingerprint density at radius 1 is 1.40 bits per heavy atom. The molecule has 84 valence electrons. The van der Waals surface area contributed by atoms with Crippen molar-refractivity contribution in [2.24, 2.45) is 0 Å². The molecule has 0 saturated carbocycles. The second kappa shape index (κ2) is 5.85. The standard InChI is InChI=1S/C11H14BrClO2/c1-7-3-2-4-8(13)10(7)11(15)9(14)5-6-12/h2-4,9,11,14-15H,5-6H2,1H3. The van der Waals surface area contributed by atoms with Gasteiger partial charge in [-0.3, -0.25) is 0 Å². The smallest absolute Gasteiger partial charge is 0.107 e. The summed E-state index contributed by atoms with van der Waals surface area (Å²) in [5.41, 5.74) is 1.51. The maximum Gasteiger partial charge on any atom is 0.107 e. The maximum atomic E-state index is 9.93. The molecule has 1 aromatic carbocycles. The Morgan fingerprint density at radius 2 is 2.07 bits per heavy atom. The van der Waals surface area contributed by atoms with Gasteiger partial charge in [0, 0.05) is 15.9 Å². The number of halogens is 2. The molecule has 0 spiro atoms. The largest absolute Gasteiger partial charge is 0.390 e. The summed E-state index contributed by atoms with van der Waals surface area (Å²) in [6.07, 6.45) is -1.22. The summed E-state index contributed by atoms with van der Waals surface area (Å²) in [5, 5.41) is 20.8. The number of hydrogen-bond acceptors (Lipinski definition) is 2. The first-order chi connectivity index (χ1) is 7.07. The second-order valence-corrected chi connectivity index (χ2v) is 4.66. The number of alkyl halides is 1. The van der Waals surface area contributed by atoms with Gasteiger partial charge in [0.05, 0.1) is 6.10 Å². The van der Waals surface area contributed by atoms with E-state index in [0.29, 0.717) is 22.3 Å². The molecule has 1 rings (SSSR count). The fraction of sp³-hybridized carbons (Fsp3) is 0.455. The van der Waals surface area contributed by atoms with Crippen LogP contribution in [-0.2, 0) is 0 Å². The molecule has 2 nitrogen and oxygen atoms in total. The molecule has 0 amide bonds. The molecule has 0 aromatic heterocycles. The summed E-state index contributed by atoms with van der Waals surface area (Å²) in [6, 6.07) is 5.41. The van der Waals surface area contributed by atoms with Gasteiger partial charge in [-0.25, -0.2) is 0 Å². The lowest BCUT2D eigenvalue weighted by molar-refractivity contribution is 0.0170. The minimum absolute atomic E-state index is 0.492. The van der Waals surface area contributed by atoms with Gasteiger partial charge < -0.3 is 10.2 Å². The molecular weight excluding hydrogens is 279 g/mol. The molecular formula is C11H14BrClO2. The van der Waals surface area contributed by atoms with E-state index in [-0.39, 0.29) is 0 Å². The molecule has 0 saturated heterocycles. The number of aryl methyl sites for hydroxylation is 1. The van der Waals surface area contributed by atoms with E-state index in [1.807, 2.05) is 19.1 Å². The highest BCUT2D eigenvalue weighted by molar-refractivity contribution is 9.09. The Labute approximate surface area is 103 Å². The zero-order chi connectivity index (χ0) is 11.4. The molecule has 0 aliphatic rings. The summed E-state index contributed by atoms with van der Waals surface area (Å²) < 4.78 is 0. The van der Waals surface area contributed by atoms with Crippen molar-refractivity contribution < 1.29 is 10.2 Å². The molecule has 2 atom stereocenters. The highest BCUT2D eigenvalue weighted by atomic mass is 79.9. The van der Waals surface area contributed by atoms with Crippen LogP contribution in [0.1, 0.15) is 23.7 Å². The fourth-order valence-electron chi connectivity index (χ4n) is 1.48. The first kappa shape index (κ1) is 13.0. The highest BCUT2D eigenvalue weighted by Gasteiger charge is 2.21. The predicted octanol–water partition coefficient (Wildman–Crippen LogP) is 2.83. The molecule has 0 radical (unpaired) electrons. The lowest BCUT2D eigenvalue weighted by Crippen LogP contribution is -2.19. The summed E-state index contributed by atoms with van der Waals surface area (Å²) in [4.78, 5) is 0. The van der Waals surface area contributed by atoms with Crippen molar-refractivity contribution in [3.8, 4) is 0 Å². The molecule has 0 bridgehead atoms. The Bertz CT molecular complexity index is 310. The molecule has 0 heterocycles. The number of aliphatic hydroxyl groups excluding tert-OH is 2. The molecule has 4 heteroatoms. The molecule has 2 N–H and O–H groups in total. The number of rotatable bonds is 4. The van der Waals surface area contributed by atoms with Crippen molar-refractivity contribution in [1.82, 2.24) is 0 Å². The summed E-state index contributed by atoms with van der Waals surface area (Å²) >= 11 is 9.21. The summed E-state index contributed by atoms with van der Waals surface area (Å²) in [6.45, 7) is 1.87. The van der Waals surface area contributed by atoms with Crippen molar-refractivity contribution in [3.05, 3.63) is 34.3 Å². The van der Waals surface area contributed by atoms with Gasteiger partial charge in [0.1, 0.15) is 6.10 Å². The maximum absolute atomic E-state index is 9.93. The van der Waals surface area contributed by atoms with Crippen LogP contribution in [0.3, 0.4) is 0 Å². The van der Waals surface area contributed by atoms with Crippen LogP contribution in [0.25, 0.3) is 0 Å². The third kappa shape index (κ3) is 3.18. The van der Waals surface area contributed by atoms with Crippen molar-refractivity contribution >= 4 is 27.5 Å². The molecule has 2 unspecified atom stereocenters. The molecule has 0 aliphatic carbocycles. The lowest BCUT2D eigenvalue weighted by Gasteiger charge is -2.20. The van der Waals surface area contributed by atoms with Crippen LogP contribution in [0, 0.1) is 6.92 Å². The van der Waals surface area contributed by atoms with E-state index < -0.39 is 12.2 Å². The number of aliphatic hydroxyl groups is 2. The molecule has 15 heavy (non-hydrogen) atoms. The zero-order valence-corrected chi connectivity index (χ0v) is 10.8. The van der Waals surface area contributed by atoms with E-state index in [9.17, 15) is 10.2 Å². The van der Waals surface area contributed by atoms with E-state index in [2.05, 4.69) is 15.9 Å². The van der Waals surface area contributed by atoms with Gasteiger partial charge in [-0.1, -0.05) is 39.7 Å². The Kier molecular flexibility index (Phi) is 5.06. The van der Waals surface area contributed by atoms with E-state index in [1.54, 1.807) is 6.07 Å². The van der Waals surface area contributed by atoms with Gasteiger partial charge in [0.2, 0.25) is 0 Å². The van der Waals surface area contributed by atoms with Gasteiger partial charge in [0.25, 0.3) is 0 Å². The van der Waals surface area contributed by atoms with Crippen LogP contribution in [-0.4, -0.2) is 21.6 Å². The minimum atomic E-state index is -0.920. The summed E-state index contributed by atoms with van der Waals surface area (Å²) in [5.74, 6) is 0. The van der Waals surface area contributed by atoms with Gasteiger partial charge in [-0.2, -0.15) is 0 Å². The van der Waals surface area contributed by atoms with Crippen molar-refractivity contribution in [2.75, 3.05) is 5.33 Å². The SMILES string of the molecule is Cc1cccc(Cl)c1C(O)C(O)CCBr. The Morgan fingerprint density at radius 3 is 2.60 bits per heavy atom. The van der Waals surface area contributed by atoms with Crippen molar-refractivity contribution in [3.63, 3.8) is 0 Å². The Balaban J connectivity index is 2.94. The quantitative estimate of drug-likeness (QED) is 0.838. The van der Waals surface area contributed by atoms with Gasteiger partial charge in [-0.15, -0.1) is 0 Å². The van der Waals surface area contributed by atoms with Crippen LogP contribution in [0.5, 0.6) is 0 Å². The molecule has 0 fully saturated rings. The van der Waals surface area contributed by atoms with Crippen molar-refractivity contribution in [1.29, 1.82) is 0 Å². The second-order valence-electron chi connectivity index (χ2n) is 3.46.